The van der Waals surface area contributed by atoms with Gasteiger partial charge in [-0.15, -0.1) is 0 Å². The van der Waals surface area contributed by atoms with Crippen molar-refractivity contribution < 1.29 is 9.13 Å². The van der Waals surface area contributed by atoms with Gasteiger partial charge in [0.1, 0.15) is 11.6 Å². The largest absolute Gasteiger partial charge is 0.496 e. The Labute approximate surface area is 90.2 Å². The number of hydrogen-bond acceptors (Lipinski definition) is 2. The van der Waals surface area contributed by atoms with Crippen LogP contribution in [0.5, 0.6) is 5.75 Å². The maximum Gasteiger partial charge on any atom is 0.127 e. The van der Waals surface area contributed by atoms with Gasteiger partial charge in [-0.1, -0.05) is 6.92 Å². The minimum absolute atomic E-state index is 0.130. The molecule has 0 saturated carbocycles. The van der Waals surface area contributed by atoms with Gasteiger partial charge in [0.25, 0.3) is 0 Å². The van der Waals surface area contributed by atoms with Crippen LogP contribution in [0.4, 0.5) is 4.39 Å². The third kappa shape index (κ3) is 2.48. The highest BCUT2D eigenvalue weighted by molar-refractivity contribution is 5.41. The number of halogens is 1. The van der Waals surface area contributed by atoms with E-state index in [0.29, 0.717) is 6.54 Å². The maximum atomic E-state index is 13.6. The summed E-state index contributed by atoms with van der Waals surface area (Å²) in [6.07, 6.45) is 0.783. The lowest BCUT2D eigenvalue weighted by molar-refractivity contribution is 0.408. The molecule has 1 rings (SSSR count). The lowest BCUT2D eigenvalue weighted by Gasteiger charge is -2.17. The molecule has 0 fully saturated rings. The quantitative estimate of drug-likeness (QED) is 0.830. The number of ether oxygens (including phenoxy) is 1. The molecule has 1 aromatic rings. The summed E-state index contributed by atoms with van der Waals surface area (Å²) in [6, 6.07) is 3.11. The predicted octanol–water partition coefficient (Wildman–Crippen LogP) is 2.60. The fraction of sp³-hybridized carbons (Fsp3) is 0.500. The summed E-state index contributed by atoms with van der Waals surface area (Å²) in [4.78, 5) is 0. The van der Waals surface area contributed by atoms with Crippen molar-refractivity contribution in [3.8, 4) is 5.75 Å². The summed E-state index contributed by atoms with van der Waals surface area (Å²) in [5, 5.41) is 0. The monoisotopic (exact) mass is 211 g/mol. The average molecular weight is 211 g/mol. The van der Waals surface area contributed by atoms with E-state index in [9.17, 15) is 4.39 Å². The molecule has 0 aliphatic heterocycles. The lowest BCUT2D eigenvalue weighted by atomic mass is 9.92. The van der Waals surface area contributed by atoms with Crippen LogP contribution < -0.4 is 10.5 Å². The molecule has 0 amide bonds. The molecule has 0 bridgehead atoms. The maximum absolute atomic E-state index is 13.6. The highest BCUT2D eigenvalue weighted by Gasteiger charge is 2.15. The summed E-state index contributed by atoms with van der Waals surface area (Å²) >= 11 is 0. The van der Waals surface area contributed by atoms with Gasteiger partial charge in [-0.2, -0.15) is 0 Å². The molecule has 0 aromatic heterocycles. The van der Waals surface area contributed by atoms with Crippen LogP contribution in [0.15, 0.2) is 12.1 Å². The van der Waals surface area contributed by atoms with Gasteiger partial charge < -0.3 is 10.5 Å². The van der Waals surface area contributed by atoms with Crippen molar-refractivity contribution in [2.24, 2.45) is 5.73 Å². The summed E-state index contributed by atoms with van der Waals surface area (Å²) < 4.78 is 18.8. The van der Waals surface area contributed by atoms with Gasteiger partial charge in [-0.25, -0.2) is 4.39 Å². The van der Waals surface area contributed by atoms with Crippen LogP contribution in [0.2, 0.25) is 0 Å². The van der Waals surface area contributed by atoms with Crippen LogP contribution in [-0.2, 0) is 0 Å². The Hall–Kier alpha value is -1.09. The van der Waals surface area contributed by atoms with E-state index in [1.54, 1.807) is 13.2 Å². The molecule has 2 N–H and O–H groups in total. The van der Waals surface area contributed by atoms with E-state index < -0.39 is 0 Å². The van der Waals surface area contributed by atoms with Crippen molar-refractivity contribution in [2.75, 3.05) is 13.7 Å². The van der Waals surface area contributed by atoms with E-state index >= 15 is 0 Å². The second-order valence-electron chi connectivity index (χ2n) is 3.77. The normalized spacial score (nSPS) is 12.6. The van der Waals surface area contributed by atoms with Crippen LogP contribution in [-0.4, -0.2) is 13.7 Å². The molecule has 1 atom stereocenters. The van der Waals surface area contributed by atoms with Gasteiger partial charge >= 0.3 is 0 Å². The molecule has 0 heterocycles. The minimum Gasteiger partial charge on any atom is -0.496 e. The SMILES string of the molecule is COc1ccc(F)c(C(C)CCN)c1C. The van der Waals surface area contributed by atoms with Crippen LogP contribution >= 0.6 is 0 Å². The third-order valence-corrected chi connectivity index (χ3v) is 2.72. The standard InChI is InChI=1S/C12H18FNO/c1-8(6-7-14)12-9(2)11(15-3)5-4-10(12)13/h4-5,8H,6-7,14H2,1-3H3. The molecule has 1 unspecified atom stereocenters. The molecule has 84 valence electrons. The van der Waals surface area contributed by atoms with E-state index in [2.05, 4.69) is 0 Å². The lowest BCUT2D eigenvalue weighted by Crippen LogP contribution is -2.08. The van der Waals surface area contributed by atoms with Crippen molar-refractivity contribution in [3.05, 3.63) is 29.1 Å². The van der Waals surface area contributed by atoms with E-state index in [-0.39, 0.29) is 11.7 Å². The molecule has 0 saturated heterocycles. The topological polar surface area (TPSA) is 35.2 Å². The first-order valence-electron chi connectivity index (χ1n) is 5.14. The Morgan fingerprint density at radius 3 is 2.67 bits per heavy atom. The zero-order valence-electron chi connectivity index (χ0n) is 9.51. The Morgan fingerprint density at radius 2 is 2.13 bits per heavy atom. The molecular formula is C12H18FNO. The first kappa shape index (κ1) is 12.0. The Kier molecular flexibility index (Phi) is 4.09. The molecule has 3 heteroatoms. The summed E-state index contributed by atoms with van der Waals surface area (Å²) in [5.74, 6) is 0.689. The van der Waals surface area contributed by atoms with Gasteiger partial charge in [-0.05, 0) is 49.1 Å². The number of nitrogens with two attached hydrogens (primary N) is 1. The number of benzene rings is 1. The molecule has 15 heavy (non-hydrogen) atoms. The molecule has 1 aromatic carbocycles. The van der Waals surface area contributed by atoms with Crippen molar-refractivity contribution in [2.45, 2.75) is 26.2 Å². The van der Waals surface area contributed by atoms with Gasteiger partial charge in [0.05, 0.1) is 7.11 Å². The van der Waals surface area contributed by atoms with Crippen LogP contribution in [0, 0.1) is 12.7 Å². The number of methoxy groups -OCH3 is 1. The van der Waals surface area contributed by atoms with Gasteiger partial charge in [-0.3, -0.25) is 0 Å². The molecule has 0 aliphatic rings. The van der Waals surface area contributed by atoms with Crippen molar-refractivity contribution in [1.29, 1.82) is 0 Å². The van der Waals surface area contributed by atoms with Crippen molar-refractivity contribution >= 4 is 0 Å². The van der Waals surface area contributed by atoms with Crippen LogP contribution in [0.1, 0.15) is 30.4 Å². The first-order chi connectivity index (χ1) is 7.11. The van der Waals surface area contributed by atoms with Crippen LogP contribution in [0.25, 0.3) is 0 Å². The first-order valence-corrected chi connectivity index (χ1v) is 5.14. The van der Waals surface area contributed by atoms with Crippen molar-refractivity contribution in [3.63, 3.8) is 0 Å². The summed E-state index contributed by atoms with van der Waals surface area (Å²) in [5.41, 5.74) is 7.08. The smallest absolute Gasteiger partial charge is 0.127 e. The van der Waals surface area contributed by atoms with E-state index in [0.717, 1.165) is 23.3 Å². The van der Waals surface area contributed by atoms with Gasteiger partial charge in [0.2, 0.25) is 0 Å². The highest BCUT2D eigenvalue weighted by Crippen LogP contribution is 2.30. The molecular weight excluding hydrogens is 193 g/mol. The second-order valence-corrected chi connectivity index (χ2v) is 3.77. The zero-order chi connectivity index (χ0) is 11.4. The molecule has 0 radical (unpaired) electrons. The fourth-order valence-corrected chi connectivity index (χ4v) is 1.90. The molecule has 0 spiro atoms. The predicted molar refractivity (Wildman–Crippen MR) is 59.8 cm³/mol. The molecule has 2 nitrogen and oxygen atoms in total. The third-order valence-electron chi connectivity index (χ3n) is 2.72. The molecule has 0 aliphatic carbocycles. The zero-order valence-corrected chi connectivity index (χ0v) is 9.51. The Morgan fingerprint density at radius 1 is 1.47 bits per heavy atom. The van der Waals surface area contributed by atoms with E-state index in [1.807, 2.05) is 13.8 Å². The summed E-state index contributed by atoms with van der Waals surface area (Å²) in [6.45, 7) is 4.43. The van der Waals surface area contributed by atoms with Crippen molar-refractivity contribution in [1.82, 2.24) is 0 Å². The van der Waals surface area contributed by atoms with E-state index in [4.69, 9.17) is 10.5 Å². The fourth-order valence-electron chi connectivity index (χ4n) is 1.90. The number of rotatable bonds is 4. The average Bonchev–Trinajstić information content (AvgIpc) is 2.18. The second kappa shape index (κ2) is 5.12. The Bertz CT molecular complexity index is 339. The van der Waals surface area contributed by atoms with E-state index in [1.165, 1.54) is 6.07 Å². The van der Waals surface area contributed by atoms with Gasteiger partial charge in [0.15, 0.2) is 0 Å². The highest BCUT2D eigenvalue weighted by atomic mass is 19.1. The Balaban J connectivity index is 3.14. The van der Waals surface area contributed by atoms with Crippen LogP contribution in [0.3, 0.4) is 0 Å². The number of hydrogen-bond donors (Lipinski definition) is 1. The minimum atomic E-state index is -0.172. The van der Waals surface area contributed by atoms with Gasteiger partial charge in [0, 0.05) is 0 Å². The summed E-state index contributed by atoms with van der Waals surface area (Å²) in [7, 11) is 1.59.